The molecule has 21 heteroatoms. The Bertz CT molecular complexity index is 980. The fraction of sp³-hybridized carbons (Fsp3) is 0.600. The van der Waals surface area contributed by atoms with Crippen molar-refractivity contribution in [3.63, 3.8) is 0 Å². The highest BCUT2D eigenvalue weighted by molar-refractivity contribution is 8.08. The molecular formula is C10H18N5O12P3S. The molecule has 9 N–H and O–H groups in total. The molecular weight excluding hydrogens is 507 g/mol. The van der Waals surface area contributed by atoms with Gasteiger partial charge in [-0.05, 0) is 11.8 Å². The number of nitrogens with one attached hydrogen (secondary N) is 1. The van der Waals surface area contributed by atoms with Gasteiger partial charge < -0.3 is 50.5 Å². The largest absolute Gasteiger partial charge is 0.488 e. The summed E-state index contributed by atoms with van der Waals surface area (Å²) >= 11 is 3.97. The molecule has 0 radical (unpaired) electrons. The molecule has 17 nitrogen and oxygen atoms in total. The summed E-state index contributed by atoms with van der Waals surface area (Å²) in [7, 11) is -10.8. The lowest BCUT2D eigenvalue weighted by Gasteiger charge is -2.26. The van der Waals surface area contributed by atoms with Gasteiger partial charge in [0.25, 0.3) is 0 Å². The Morgan fingerprint density at radius 1 is 1.19 bits per heavy atom. The fourth-order valence-electron chi connectivity index (χ4n) is 2.82. The molecule has 0 aromatic carbocycles. The average molecular weight is 525 g/mol. The van der Waals surface area contributed by atoms with E-state index in [4.69, 9.17) is 20.3 Å². The average Bonchev–Trinajstić information content (AvgIpc) is 3.13. The van der Waals surface area contributed by atoms with Gasteiger partial charge in [-0.1, -0.05) is 0 Å². The molecule has 176 valence electrons. The highest BCUT2D eigenvalue weighted by atomic mass is 32.5. The van der Waals surface area contributed by atoms with E-state index in [0.29, 0.717) is 5.69 Å². The zero-order valence-electron chi connectivity index (χ0n) is 15.1. The molecule has 0 bridgehead atoms. The summed E-state index contributed by atoms with van der Waals surface area (Å²) in [5.74, 6) is 0.425. The van der Waals surface area contributed by atoms with Crippen LogP contribution in [0.3, 0.4) is 0 Å². The molecule has 2 aliphatic heterocycles. The summed E-state index contributed by atoms with van der Waals surface area (Å²) in [6.45, 7) is -5.50. The van der Waals surface area contributed by atoms with Crippen LogP contribution in [0.15, 0.2) is 6.33 Å². The van der Waals surface area contributed by atoms with Gasteiger partial charge in [0.05, 0.1) is 13.3 Å². The summed E-state index contributed by atoms with van der Waals surface area (Å²) < 4.78 is 41.0. The fourth-order valence-corrected chi connectivity index (χ4v) is 6.61. The number of phosphoric acid groups is 2. The van der Waals surface area contributed by atoms with Crippen molar-refractivity contribution in [3.8, 4) is 0 Å². The number of nitrogens with two attached hydrogens (primary N) is 1. The van der Waals surface area contributed by atoms with Crippen LogP contribution < -0.4 is 16.0 Å². The number of anilines is 3. The molecule has 1 aromatic rings. The van der Waals surface area contributed by atoms with Gasteiger partial charge in [0.1, 0.15) is 30.3 Å². The van der Waals surface area contributed by atoms with Crippen molar-refractivity contribution in [3.05, 3.63) is 6.33 Å². The van der Waals surface area contributed by atoms with E-state index in [0.717, 1.165) is 0 Å². The van der Waals surface area contributed by atoms with Gasteiger partial charge in [-0.3, -0.25) is 4.52 Å². The smallest absolute Gasteiger partial charge is 0.387 e. The lowest BCUT2D eigenvalue weighted by molar-refractivity contribution is -0.0215. The normalized spacial score (nSPS) is 29.8. The van der Waals surface area contributed by atoms with Gasteiger partial charge in [-0.2, -0.15) is 4.31 Å². The number of aliphatic hydroxyl groups is 2. The Labute approximate surface area is 178 Å². The SMILES string of the molecule is Nc1ncnc2c1NCN2[C@@H]1O[C@H](COP(=O)(O)OP(=O)(O)OP(O)(O)=S)[C@@H](O)[C@H]1O. The van der Waals surface area contributed by atoms with Crippen molar-refractivity contribution in [1.29, 1.82) is 0 Å². The molecule has 2 unspecified atom stereocenters. The van der Waals surface area contributed by atoms with E-state index in [2.05, 4.69) is 40.2 Å². The third-order valence-electron chi connectivity index (χ3n) is 4.02. The predicted octanol–water partition coefficient (Wildman–Crippen LogP) is -1.85. The molecule has 1 saturated heterocycles. The molecule has 1 aromatic heterocycles. The first-order valence-corrected chi connectivity index (χ1v) is 13.7. The number of nitrogen functional groups attached to an aromatic ring is 1. The second-order valence-corrected chi connectivity index (χ2v) is 12.0. The Morgan fingerprint density at radius 3 is 2.52 bits per heavy atom. The molecule has 6 atom stereocenters. The monoisotopic (exact) mass is 525 g/mol. The van der Waals surface area contributed by atoms with Gasteiger partial charge in [-0.25, -0.2) is 23.4 Å². The van der Waals surface area contributed by atoms with Crippen LogP contribution in [-0.4, -0.2) is 77.6 Å². The summed E-state index contributed by atoms with van der Waals surface area (Å²) in [5, 5.41) is 23.4. The van der Waals surface area contributed by atoms with Gasteiger partial charge >= 0.3 is 22.4 Å². The number of hydrogen-bond acceptors (Lipinski definition) is 14. The van der Waals surface area contributed by atoms with Crippen LogP contribution in [0.2, 0.25) is 0 Å². The number of phosphoric ester groups is 1. The molecule has 0 aliphatic carbocycles. The lowest BCUT2D eigenvalue weighted by Crippen LogP contribution is -2.44. The van der Waals surface area contributed by atoms with E-state index in [-0.39, 0.29) is 18.3 Å². The molecule has 1 fully saturated rings. The first-order valence-electron chi connectivity index (χ1n) is 8.10. The molecule has 3 heterocycles. The summed E-state index contributed by atoms with van der Waals surface area (Å²) in [5.41, 5.74) is 6.11. The lowest BCUT2D eigenvalue weighted by atomic mass is 10.1. The molecule has 31 heavy (non-hydrogen) atoms. The van der Waals surface area contributed by atoms with Crippen LogP contribution in [0, 0.1) is 0 Å². The minimum atomic E-state index is -5.48. The van der Waals surface area contributed by atoms with Crippen molar-refractivity contribution < 1.29 is 56.8 Å². The van der Waals surface area contributed by atoms with Crippen LogP contribution in [0.25, 0.3) is 0 Å². The number of fused-ring (bicyclic) bond motifs is 1. The zero-order valence-corrected chi connectivity index (χ0v) is 18.6. The van der Waals surface area contributed by atoms with Gasteiger partial charge in [0, 0.05) is 0 Å². The maximum absolute atomic E-state index is 11.9. The van der Waals surface area contributed by atoms with Crippen molar-refractivity contribution in [2.45, 2.75) is 24.5 Å². The number of hydrogen-bond donors (Lipinski definition) is 8. The summed E-state index contributed by atoms with van der Waals surface area (Å²) in [6, 6.07) is 0. The van der Waals surface area contributed by atoms with E-state index in [1.165, 1.54) is 11.2 Å². The second-order valence-electron chi connectivity index (χ2n) is 6.20. The van der Waals surface area contributed by atoms with Crippen LogP contribution in [0.4, 0.5) is 17.3 Å². The summed E-state index contributed by atoms with van der Waals surface area (Å²) in [4.78, 5) is 45.8. The first kappa shape index (κ1) is 24.8. The number of rotatable bonds is 8. The van der Waals surface area contributed by atoms with E-state index in [1.54, 1.807) is 0 Å². The number of nitrogens with zero attached hydrogens (tertiary/aromatic N) is 3. The first-order chi connectivity index (χ1) is 14.2. The summed E-state index contributed by atoms with van der Waals surface area (Å²) in [6.07, 6.45) is -4.50. The molecule has 0 amide bonds. The highest BCUT2D eigenvalue weighted by Crippen LogP contribution is 2.66. The molecule has 2 aliphatic rings. The third-order valence-corrected chi connectivity index (χ3v) is 8.42. The van der Waals surface area contributed by atoms with E-state index >= 15 is 0 Å². The second kappa shape index (κ2) is 8.85. The Hall–Kier alpha value is -0.810. The van der Waals surface area contributed by atoms with Crippen LogP contribution in [-0.2, 0) is 38.8 Å². The van der Waals surface area contributed by atoms with E-state index < -0.39 is 53.5 Å². The van der Waals surface area contributed by atoms with Crippen LogP contribution in [0.5, 0.6) is 0 Å². The van der Waals surface area contributed by atoms with E-state index in [1.807, 2.05) is 0 Å². The standard InChI is InChI=1S/C10H18N5O12P3S/c11-8-5-9(13-2-12-8)15(3-14-5)10-7(17)6(16)4(25-10)1-24-28(18,19)26-29(20,21)27-30(22,23)31/h2,4,6-7,10,14,16-17H,1,3H2,(H,18,19)(H,20,21)(H2,11,12,13)(H2,22,23,31)/t4-,6-,7-,10-/m1/s1. The van der Waals surface area contributed by atoms with Crippen molar-refractivity contribution in [2.24, 2.45) is 0 Å². The number of ether oxygens (including phenoxy) is 1. The topological polar surface area (TPSA) is 260 Å². The van der Waals surface area contributed by atoms with Crippen LogP contribution in [0.1, 0.15) is 0 Å². The van der Waals surface area contributed by atoms with Crippen molar-refractivity contribution >= 4 is 51.5 Å². The minimum absolute atomic E-state index is 0.0845. The van der Waals surface area contributed by atoms with Gasteiger partial charge in [-0.15, -0.1) is 0 Å². The van der Waals surface area contributed by atoms with Crippen LogP contribution >= 0.6 is 22.4 Å². The Kier molecular flexibility index (Phi) is 7.09. The van der Waals surface area contributed by atoms with Gasteiger partial charge in [0.15, 0.2) is 17.9 Å². The molecule has 3 rings (SSSR count). The predicted molar refractivity (Wildman–Crippen MR) is 105 cm³/mol. The molecule has 0 saturated carbocycles. The zero-order chi connectivity index (χ0) is 23.2. The maximum Gasteiger partial charge on any atom is 0.488 e. The highest BCUT2D eigenvalue weighted by Gasteiger charge is 2.49. The Balaban J connectivity index is 1.64. The quantitative estimate of drug-likeness (QED) is 0.173. The minimum Gasteiger partial charge on any atom is -0.387 e. The molecule has 0 spiro atoms. The van der Waals surface area contributed by atoms with E-state index in [9.17, 15) is 29.1 Å². The number of aromatic nitrogens is 2. The Morgan fingerprint density at radius 2 is 1.87 bits per heavy atom. The van der Waals surface area contributed by atoms with Gasteiger partial charge in [0.2, 0.25) is 0 Å². The maximum atomic E-state index is 11.9. The third kappa shape index (κ3) is 5.96. The van der Waals surface area contributed by atoms with Crippen molar-refractivity contribution in [2.75, 3.05) is 29.2 Å². The van der Waals surface area contributed by atoms with Crippen molar-refractivity contribution in [1.82, 2.24) is 9.97 Å². The number of aliphatic hydroxyl groups excluding tert-OH is 2.